The minimum atomic E-state index is -0.615. The summed E-state index contributed by atoms with van der Waals surface area (Å²) >= 11 is 0. The van der Waals surface area contributed by atoms with Gasteiger partial charge in [0.2, 0.25) is 6.79 Å². The van der Waals surface area contributed by atoms with Gasteiger partial charge in [0.1, 0.15) is 18.4 Å². The van der Waals surface area contributed by atoms with Gasteiger partial charge in [-0.25, -0.2) is 4.79 Å². The van der Waals surface area contributed by atoms with Crippen LogP contribution in [0.1, 0.15) is 51.0 Å². The van der Waals surface area contributed by atoms with Crippen LogP contribution in [0.15, 0.2) is 42.5 Å². The standard InChI is InChI=1S/C37H39N3O8/c1-20-13-23-14-25-27(16-38)40-26(32(39(25)3)30(23)36(34(20)44-5)46-18-43-4)15-24-31(37-35(47-19-48-37)21(2)33(24)42)28(40)17-45-29(41)12-11-22-9-7-6-8-10-22/h6-13,25-28,32,42H,14-15,17-19H2,1-5H3/t25-,26?,27-,28-,32-/m0/s1. The monoisotopic (exact) mass is 653 g/mol. The maximum Gasteiger partial charge on any atom is 0.330 e. The molecule has 2 bridgehead atoms. The Balaban J connectivity index is 1.37. The molecule has 1 unspecified atom stereocenters. The molecule has 1 saturated heterocycles. The molecule has 1 fully saturated rings. The molecule has 4 aliphatic rings. The number of hydrogen-bond acceptors (Lipinski definition) is 11. The Morgan fingerprint density at radius 3 is 2.58 bits per heavy atom. The number of benzene rings is 3. The maximum absolute atomic E-state index is 13.1. The van der Waals surface area contributed by atoms with Gasteiger partial charge in [-0.1, -0.05) is 36.4 Å². The quantitative estimate of drug-likeness (QED) is 0.206. The van der Waals surface area contributed by atoms with E-state index in [4.69, 9.17) is 28.4 Å². The summed E-state index contributed by atoms with van der Waals surface area (Å²) in [4.78, 5) is 17.6. The number of aromatic hydroxyl groups is 1. The van der Waals surface area contributed by atoms with Gasteiger partial charge < -0.3 is 33.5 Å². The first kappa shape index (κ1) is 31.8. The zero-order valence-corrected chi connectivity index (χ0v) is 27.7. The normalized spacial score (nSPS) is 24.0. The van der Waals surface area contributed by atoms with Crippen molar-refractivity contribution >= 4 is 12.0 Å². The second kappa shape index (κ2) is 12.7. The Morgan fingerprint density at radius 2 is 1.85 bits per heavy atom. The van der Waals surface area contributed by atoms with Crippen LogP contribution in [0, 0.1) is 25.2 Å². The van der Waals surface area contributed by atoms with Crippen molar-refractivity contribution in [2.45, 2.75) is 56.9 Å². The van der Waals surface area contributed by atoms with Gasteiger partial charge in [0.05, 0.1) is 25.3 Å². The number of carbonyl (C=O) groups excluding carboxylic acids is 1. The molecule has 11 nitrogen and oxygen atoms in total. The van der Waals surface area contributed by atoms with Gasteiger partial charge in [0, 0.05) is 47.5 Å². The number of nitrogens with zero attached hydrogens (tertiary/aromatic N) is 3. The van der Waals surface area contributed by atoms with Crippen LogP contribution in [-0.4, -0.2) is 80.5 Å². The van der Waals surface area contributed by atoms with Crippen molar-refractivity contribution < 1.29 is 38.3 Å². The summed E-state index contributed by atoms with van der Waals surface area (Å²) in [6, 6.07) is 12.3. The molecule has 250 valence electrons. The zero-order chi connectivity index (χ0) is 33.7. The first-order valence-electron chi connectivity index (χ1n) is 16.0. The second-order valence-corrected chi connectivity index (χ2v) is 12.7. The first-order chi connectivity index (χ1) is 23.3. The zero-order valence-electron chi connectivity index (χ0n) is 27.7. The molecule has 4 heterocycles. The van der Waals surface area contributed by atoms with E-state index in [2.05, 4.69) is 21.9 Å². The molecule has 3 aromatic carbocycles. The SMILES string of the molecule is COCOc1c(OC)c(C)cc2c1[C@@H]1C3Cc4c(O)c(C)c5c(c4[C@H](COC(=O)C=Cc4ccccc4)N3[C@@H](C#N)[C@H](C2)N1C)OCO5. The minimum Gasteiger partial charge on any atom is -0.507 e. The highest BCUT2D eigenvalue weighted by Crippen LogP contribution is 2.58. The van der Waals surface area contributed by atoms with Crippen LogP contribution in [0.5, 0.6) is 28.7 Å². The highest BCUT2D eigenvalue weighted by atomic mass is 16.7. The molecule has 0 spiro atoms. The molecule has 0 amide bonds. The van der Waals surface area contributed by atoms with Crippen LogP contribution in [0.2, 0.25) is 0 Å². The predicted octanol–water partition coefficient (Wildman–Crippen LogP) is 4.76. The van der Waals surface area contributed by atoms with Crippen molar-refractivity contribution in [2.75, 3.05) is 41.5 Å². The van der Waals surface area contributed by atoms with Gasteiger partial charge in [-0.2, -0.15) is 5.26 Å². The number of nitriles is 1. The molecular weight excluding hydrogens is 614 g/mol. The molecule has 48 heavy (non-hydrogen) atoms. The van der Waals surface area contributed by atoms with Gasteiger partial charge in [-0.05, 0) is 56.5 Å². The van der Waals surface area contributed by atoms with Crippen molar-refractivity contribution in [3.8, 4) is 34.8 Å². The topological polar surface area (TPSA) is 123 Å². The van der Waals surface area contributed by atoms with Crippen LogP contribution in [0.3, 0.4) is 0 Å². The van der Waals surface area contributed by atoms with Crippen LogP contribution >= 0.6 is 0 Å². The summed E-state index contributed by atoms with van der Waals surface area (Å²) < 4.78 is 35.3. The number of hydrogen-bond donors (Lipinski definition) is 1. The average Bonchev–Trinajstić information content (AvgIpc) is 3.58. The smallest absolute Gasteiger partial charge is 0.330 e. The van der Waals surface area contributed by atoms with E-state index in [-0.39, 0.29) is 44.1 Å². The molecule has 0 aromatic heterocycles. The number of methoxy groups -OCH3 is 2. The maximum atomic E-state index is 13.1. The minimum absolute atomic E-state index is 0.00417. The lowest BCUT2D eigenvalue weighted by atomic mass is 9.71. The van der Waals surface area contributed by atoms with Gasteiger partial charge in [-0.15, -0.1) is 0 Å². The van der Waals surface area contributed by atoms with Gasteiger partial charge >= 0.3 is 5.97 Å². The summed E-state index contributed by atoms with van der Waals surface area (Å²) in [6.45, 7) is 3.75. The lowest BCUT2D eigenvalue weighted by Gasteiger charge is -2.59. The Morgan fingerprint density at radius 1 is 1.08 bits per heavy atom. The van der Waals surface area contributed by atoms with Crippen molar-refractivity contribution in [1.29, 1.82) is 5.26 Å². The highest BCUT2D eigenvalue weighted by Gasteiger charge is 2.57. The van der Waals surface area contributed by atoms with E-state index < -0.39 is 18.1 Å². The summed E-state index contributed by atoms with van der Waals surface area (Å²) in [5.74, 6) is 1.81. The number of piperazine rings is 1. The Hall–Kier alpha value is -4.76. The molecule has 1 N–H and O–H groups in total. The van der Waals surface area contributed by atoms with Gasteiger partial charge in [-0.3, -0.25) is 9.80 Å². The summed E-state index contributed by atoms with van der Waals surface area (Å²) in [5.41, 5.74) is 5.79. The number of fused-ring (bicyclic) bond motifs is 9. The van der Waals surface area contributed by atoms with Crippen LogP contribution < -0.4 is 18.9 Å². The van der Waals surface area contributed by atoms with E-state index in [1.165, 1.54) is 6.08 Å². The van der Waals surface area contributed by atoms with E-state index in [1.807, 2.05) is 44.3 Å². The number of esters is 1. The molecule has 0 saturated carbocycles. The molecular formula is C37H39N3O8. The van der Waals surface area contributed by atoms with E-state index >= 15 is 0 Å². The third-order valence-corrected chi connectivity index (χ3v) is 10.2. The number of phenols is 1. The molecule has 11 heteroatoms. The predicted molar refractivity (Wildman–Crippen MR) is 175 cm³/mol. The van der Waals surface area contributed by atoms with Crippen molar-refractivity contribution in [3.05, 3.63) is 81.4 Å². The van der Waals surface area contributed by atoms with Crippen molar-refractivity contribution in [2.24, 2.45) is 0 Å². The molecule has 0 aliphatic carbocycles. The van der Waals surface area contributed by atoms with E-state index in [0.717, 1.165) is 22.3 Å². The van der Waals surface area contributed by atoms with Crippen molar-refractivity contribution in [1.82, 2.24) is 9.80 Å². The Kier molecular flexibility index (Phi) is 8.41. The average molecular weight is 654 g/mol. The summed E-state index contributed by atoms with van der Waals surface area (Å²) in [5, 5.41) is 22.5. The lowest BCUT2D eigenvalue weighted by molar-refractivity contribution is -0.143. The molecule has 4 aliphatic heterocycles. The fourth-order valence-corrected chi connectivity index (χ4v) is 8.18. The van der Waals surface area contributed by atoms with Gasteiger partial charge in [0.25, 0.3) is 0 Å². The summed E-state index contributed by atoms with van der Waals surface area (Å²) in [6.07, 6.45) is 4.10. The summed E-state index contributed by atoms with van der Waals surface area (Å²) in [7, 11) is 5.24. The van der Waals surface area contributed by atoms with Crippen LogP contribution in [0.25, 0.3) is 6.08 Å². The fourth-order valence-electron chi connectivity index (χ4n) is 8.18. The lowest BCUT2D eigenvalue weighted by Crippen LogP contribution is -2.68. The Labute approximate surface area is 279 Å². The molecule has 7 rings (SSSR count). The second-order valence-electron chi connectivity index (χ2n) is 12.7. The fraction of sp³-hybridized carbons (Fsp3) is 0.405. The van der Waals surface area contributed by atoms with E-state index in [1.54, 1.807) is 27.2 Å². The third-order valence-electron chi connectivity index (χ3n) is 10.2. The largest absolute Gasteiger partial charge is 0.507 e. The number of likely N-dealkylation sites (N-methyl/N-ethyl adjacent to an activating group) is 1. The van der Waals surface area contributed by atoms with Gasteiger partial charge in [0.15, 0.2) is 29.8 Å². The number of aryl methyl sites for hydroxylation is 1. The highest BCUT2D eigenvalue weighted by molar-refractivity contribution is 5.87. The molecule has 5 atom stereocenters. The van der Waals surface area contributed by atoms with Crippen LogP contribution in [-0.2, 0) is 27.1 Å². The van der Waals surface area contributed by atoms with E-state index in [0.29, 0.717) is 52.5 Å². The number of rotatable bonds is 8. The van der Waals surface area contributed by atoms with E-state index in [9.17, 15) is 15.2 Å². The number of ether oxygens (including phenoxy) is 6. The first-order valence-corrected chi connectivity index (χ1v) is 16.0. The van der Waals surface area contributed by atoms with Crippen molar-refractivity contribution in [3.63, 3.8) is 0 Å². The molecule has 3 aromatic rings. The third kappa shape index (κ3) is 5.03. The number of phenolic OH excluding ortho intramolecular Hbond substituents is 1. The molecule has 0 radical (unpaired) electrons. The Bertz CT molecular complexity index is 1820. The van der Waals surface area contributed by atoms with Crippen LogP contribution in [0.4, 0.5) is 0 Å². The number of carbonyl (C=O) groups is 1.